The highest BCUT2D eigenvalue weighted by Crippen LogP contribution is 2.48. The van der Waals surface area contributed by atoms with E-state index < -0.39 is 6.10 Å². The van der Waals surface area contributed by atoms with Crippen LogP contribution >= 0.6 is 10.5 Å². The molecular weight excluding hydrogens is 336 g/mol. The van der Waals surface area contributed by atoms with E-state index >= 15 is 0 Å². The Morgan fingerprint density at radius 1 is 1.08 bits per heavy atom. The zero-order valence-electron chi connectivity index (χ0n) is 16.7. The van der Waals surface area contributed by atoms with Gasteiger partial charge in [0, 0.05) is 16.2 Å². The second-order valence-electron chi connectivity index (χ2n) is 6.79. The quantitative estimate of drug-likeness (QED) is 0.487. The SMILES string of the molecule is C#CC.C=S1CC(C)(C)C(O)C(c2ccccc2)c2ccccc21.CC. The van der Waals surface area contributed by atoms with Crippen molar-refractivity contribution >= 4 is 16.4 Å². The zero-order chi connectivity index (χ0) is 19.7. The lowest BCUT2D eigenvalue weighted by molar-refractivity contribution is 0.0528. The van der Waals surface area contributed by atoms with Gasteiger partial charge in [0.25, 0.3) is 0 Å². The molecule has 0 aliphatic carbocycles. The maximum atomic E-state index is 11.1. The molecule has 26 heavy (non-hydrogen) atoms. The highest BCUT2D eigenvalue weighted by Gasteiger charge is 2.40. The van der Waals surface area contributed by atoms with E-state index in [0.29, 0.717) is 0 Å². The third-order valence-electron chi connectivity index (χ3n) is 4.39. The average molecular weight is 369 g/mol. The molecule has 0 radical (unpaired) electrons. The van der Waals surface area contributed by atoms with E-state index in [1.54, 1.807) is 6.92 Å². The standard InChI is InChI=1S/C19H22OS.C3H4.C2H6/c1-19(2)13-21(3)16-12-8-7-11-15(16)17(18(19)20)14-9-5-4-6-10-14;1-3-2;1-2/h4-12,17-18,20H,3,13H2,1-2H3;1H,2H3;1-2H3. The highest BCUT2D eigenvalue weighted by molar-refractivity contribution is 8.14. The number of rotatable bonds is 1. The lowest BCUT2D eigenvalue weighted by atomic mass is 9.75. The number of benzene rings is 2. The zero-order valence-corrected chi connectivity index (χ0v) is 17.5. The Hall–Kier alpha value is -1.82. The predicted octanol–water partition coefficient (Wildman–Crippen LogP) is 5.94. The minimum atomic E-state index is -0.403. The van der Waals surface area contributed by atoms with Crippen LogP contribution in [-0.4, -0.2) is 22.8 Å². The van der Waals surface area contributed by atoms with Gasteiger partial charge in [-0.05, 0) is 29.9 Å². The largest absolute Gasteiger partial charge is 0.392 e. The van der Waals surface area contributed by atoms with Crippen LogP contribution in [0.3, 0.4) is 0 Å². The van der Waals surface area contributed by atoms with Crippen molar-refractivity contribution in [3.63, 3.8) is 0 Å². The van der Waals surface area contributed by atoms with Gasteiger partial charge in [0.2, 0.25) is 0 Å². The van der Waals surface area contributed by atoms with Crippen molar-refractivity contribution in [1.29, 1.82) is 0 Å². The van der Waals surface area contributed by atoms with Gasteiger partial charge in [-0.25, -0.2) is 0 Å². The molecule has 1 nitrogen and oxygen atoms in total. The molecule has 0 saturated heterocycles. The van der Waals surface area contributed by atoms with Crippen molar-refractivity contribution in [2.75, 3.05) is 5.75 Å². The van der Waals surface area contributed by atoms with Crippen LogP contribution in [0.2, 0.25) is 0 Å². The van der Waals surface area contributed by atoms with Gasteiger partial charge in [-0.2, -0.15) is 10.5 Å². The molecule has 0 amide bonds. The summed E-state index contributed by atoms with van der Waals surface area (Å²) < 4.78 is 0. The van der Waals surface area contributed by atoms with E-state index in [2.05, 4.69) is 68.5 Å². The summed E-state index contributed by atoms with van der Waals surface area (Å²) in [6, 6.07) is 18.8. The van der Waals surface area contributed by atoms with Gasteiger partial charge in [0.15, 0.2) is 0 Å². The fourth-order valence-electron chi connectivity index (χ4n) is 3.26. The first kappa shape index (κ1) is 22.2. The van der Waals surface area contributed by atoms with E-state index in [0.717, 1.165) is 5.75 Å². The molecule has 3 rings (SSSR count). The van der Waals surface area contributed by atoms with Crippen LogP contribution in [-0.2, 0) is 0 Å². The van der Waals surface area contributed by atoms with Gasteiger partial charge >= 0.3 is 0 Å². The molecule has 3 atom stereocenters. The van der Waals surface area contributed by atoms with Crippen LogP contribution in [0.4, 0.5) is 0 Å². The summed E-state index contributed by atoms with van der Waals surface area (Å²) in [5.41, 5.74) is 2.27. The van der Waals surface area contributed by atoms with Crippen molar-refractivity contribution in [2.24, 2.45) is 5.41 Å². The number of fused-ring (bicyclic) bond motifs is 1. The van der Waals surface area contributed by atoms with Crippen molar-refractivity contribution < 1.29 is 5.11 Å². The summed E-state index contributed by atoms with van der Waals surface area (Å²) in [7, 11) is -0.0771. The van der Waals surface area contributed by atoms with Crippen molar-refractivity contribution in [3.05, 3.63) is 65.7 Å². The smallest absolute Gasteiger partial charge is 0.0708 e. The molecule has 0 saturated carbocycles. The van der Waals surface area contributed by atoms with Gasteiger partial charge in [-0.1, -0.05) is 82.1 Å². The Morgan fingerprint density at radius 3 is 2.15 bits per heavy atom. The fraction of sp³-hybridized carbons (Fsp3) is 0.375. The molecule has 0 fully saturated rings. The lowest BCUT2D eigenvalue weighted by Gasteiger charge is -2.34. The first-order valence-corrected chi connectivity index (χ1v) is 10.7. The van der Waals surface area contributed by atoms with Gasteiger partial charge in [-0.15, -0.1) is 12.3 Å². The fourth-order valence-corrected chi connectivity index (χ4v) is 5.28. The molecule has 0 spiro atoms. The molecule has 2 aromatic carbocycles. The molecule has 1 N–H and O–H groups in total. The second-order valence-corrected chi connectivity index (χ2v) is 8.50. The summed E-state index contributed by atoms with van der Waals surface area (Å²) in [6.45, 7) is 9.97. The second kappa shape index (κ2) is 10.4. The number of hydrogen-bond acceptors (Lipinski definition) is 1. The summed E-state index contributed by atoms with van der Waals surface area (Å²) in [4.78, 5) is 1.30. The third kappa shape index (κ3) is 5.10. The molecule has 1 aliphatic rings. The number of aliphatic hydroxyl groups excluding tert-OH is 1. The topological polar surface area (TPSA) is 20.2 Å². The van der Waals surface area contributed by atoms with Crippen LogP contribution in [0.25, 0.3) is 0 Å². The maximum absolute atomic E-state index is 11.1. The summed E-state index contributed by atoms with van der Waals surface area (Å²) in [6.07, 6.45) is 4.19. The van der Waals surface area contributed by atoms with Gasteiger partial charge < -0.3 is 5.11 Å². The van der Waals surface area contributed by atoms with Crippen molar-refractivity contribution in [3.8, 4) is 12.3 Å². The minimum Gasteiger partial charge on any atom is -0.392 e. The molecule has 0 aromatic heterocycles. The number of hydrogen-bond donors (Lipinski definition) is 1. The summed E-state index contributed by atoms with van der Waals surface area (Å²) in [5, 5.41) is 11.1. The van der Waals surface area contributed by atoms with Crippen LogP contribution in [0, 0.1) is 17.8 Å². The normalized spacial score (nSPS) is 22.9. The minimum absolute atomic E-state index is 0.0247. The summed E-state index contributed by atoms with van der Waals surface area (Å²) >= 11 is 0. The molecular formula is C24H32OS. The monoisotopic (exact) mass is 368 g/mol. The van der Waals surface area contributed by atoms with E-state index in [1.165, 1.54) is 16.0 Å². The Morgan fingerprint density at radius 2 is 1.58 bits per heavy atom. The summed E-state index contributed by atoms with van der Waals surface area (Å²) in [5.74, 6) is 7.57. The van der Waals surface area contributed by atoms with Gasteiger partial charge in [0.1, 0.15) is 0 Å². The van der Waals surface area contributed by atoms with Gasteiger partial charge in [0.05, 0.1) is 6.10 Å². The first-order valence-electron chi connectivity index (χ1n) is 9.12. The van der Waals surface area contributed by atoms with Crippen LogP contribution < -0.4 is 0 Å². The molecule has 140 valence electrons. The molecule has 3 unspecified atom stereocenters. The van der Waals surface area contributed by atoms with Crippen molar-refractivity contribution in [2.45, 2.75) is 51.5 Å². The maximum Gasteiger partial charge on any atom is 0.0708 e. The Labute approximate surface area is 162 Å². The molecule has 2 aromatic rings. The lowest BCUT2D eigenvalue weighted by Crippen LogP contribution is -2.36. The molecule has 2 heteroatoms. The number of terminal acetylenes is 1. The predicted molar refractivity (Wildman–Crippen MR) is 118 cm³/mol. The van der Waals surface area contributed by atoms with Crippen molar-refractivity contribution in [1.82, 2.24) is 0 Å². The van der Waals surface area contributed by atoms with Crippen LogP contribution in [0.15, 0.2) is 59.5 Å². The highest BCUT2D eigenvalue weighted by atomic mass is 32.2. The number of aliphatic hydroxyl groups is 1. The van der Waals surface area contributed by atoms with Gasteiger partial charge in [-0.3, -0.25) is 0 Å². The third-order valence-corrected chi connectivity index (χ3v) is 6.47. The Bertz CT molecular complexity index is 740. The van der Waals surface area contributed by atoms with E-state index in [9.17, 15) is 5.11 Å². The molecule has 0 bridgehead atoms. The van der Waals surface area contributed by atoms with E-state index in [1.807, 2.05) is 32.0 Å². The first-order chi connectivity index (χ1) is 12.4. The molecule has 1 heterocycles. The average Bonchev–Trinajstić information content (AvgIpc) is 2.72. The van der Waals surface area contributed by atoms with Crippen LogP contribution in [0.1, 0.15) is 51.7 Å². The molecule has 1 aliphatic heterocycles. The Kier molecular flexibility index (Phi) is 8.85. The van der Waals surface area contributed by atoms with E-state index in [-0.39, 0.29) is 21.8 Å². The Balaban J connectivity index is 0.000000615. The van der Waals surface area contributed by atoms with E-state index in [4.69, 9.17) is 0 Å². The van der Waals surface area contributed by atoms with Crippen LogP contribution in [0.5, 0.6) is 0 Å².